The molecule has 0 spiro atoms. The van der Waals surface area contributed by atoms with Crippen molar-refractivity contribution >= 4 is 0 Å². The first-order valence-corrected chi connectivity index (χ1v) is 7.67. The highest BCUT2D eigenvalue weighted by atomic mass is 14.9. The fraction of sp³-hybridized carbons (Fsp3) is 0.647. The van der Waals surface area contributed by atoms with E-state index in [0.29, 0.717) is 6.04 Å². The fourth-order valence-electron chi connectivity index (χ4n) is 3.20. The van der Waals surface area contributed by atoms with E-state index >= 15 is 0 Å². The van der Waals surface area contributed by atoms with Gasteiger partial charge in [0.2, 0.25) is 0 Å². The summed E-state index contributed by atoms with van der Waals surface area (Å²) in [6, 6.07) is 9.83. The second-order valence-corrected chi connectivity index (χ2v) is 5.53. The summed E-state index contributed by atoms with van der Waals surface area (Å²) in [7, 11) is 0. The van der Waals surface area contributed by atoms with E-state index in [0.717, 1.165) is 18.9 Å². The molecule has 0 aromatic heterocycles. The van der Waals surface area contributed by atoms with Gasteiger partial charge in [-0.3, -0.25) is 0 Å². The number of benzene rings is 1. The highest BCUT2D eigenvalue weighted by Gasteiger charge is 2.24. The number of nitrogens with one attached hydrogen (secondary N) is 1. The average molecular weight is 245 g/mol. The summed E-state index contributed by atoms with van der Waals surface area (Å²) in [5.74, 6) is 0.839. The Morgan fingerprint density at radius 1 is 1.06 bits per heavy atom. The molecule has 1 aliphatic carbocycles. The van der Waals surface area contributed by atoms with Crippen molar-refractivity contribution in [1.82, 2.24) is 5.32 Å². The van der Waals surface area contributed by atoms with E-state index in [9.17, 15) is 0 Å². The van der Waals surface area contributed by atoms with Crippen molar-refractivity contribution in [3.05, 3.63) is 35.4 Å². The minimum Gasteiger partial charge on any atom is -0.310 e. The molecule has 0 aliphatic heterocycles. The smallest absolute Gasteiger partial charge is 0.0348 e. The Hall–Kier alpha value is -0.820. The zero-order valence-electron chi connectivity index (χ0n) is 11.9. The second-order valence-electron chi connectivity index (χ2n) is 5.53. The van der Waals surface area contributed by atoms with Crippen LogP contribution in [0.15, 0.2) is 24.3 Å². The summed E-state index contributed by atoms with van der Waals surface area (Å²) in [6.45, 7) is 5.50. The molecule has 1 unspecified atom stereocenters. The molecule has 1 saturated carbocycles. The number of hydrogen-bond acceptors (Lipinski definition) is 1. The molecule has 2 rings (SSSR count). The van der Waals surface area contributed by atoms with Crippen molar-refractivity contribution in [2.24, 2.45) is 5.92 Å². The van der Waals surface area contributed by atoms with E-state index in [4.69, 9.17) is 0 Å². The topological polar surface area (TPSA) is 12.0 Å². The van der Waals surface area contributed by atoms with Crippen LogP contribution in [0.2, 0.25) is 0 Å². The molecule has 1 fully saturated rings. The third-order valence-corrected chi connectivity index (χ3v) is 4.29. The van der Waals surface area contributed by atoms with Gasteiger partial charge in [-0.05, 0) is 42.9 Å². The van der Waals surface area contributed by atoms with Gasteiger partial charge in [-0.25, -0.2) is 0 Å². The molecular formula is C17H27N. The lowest BCUT2D eigenvalue weighted by Crippen LogP contribution is -2.29. The first-order chi connectivity index (χ1) is 8.85. The van der Waals surface area contributed by atoms with E-state index in [2.05, 4.69) is 43.4 Å². The van der Waals surface area contributed by atoms with Crippen LogP contribution in [0.25, 0.3) is 0 Å². The Morgan fingerprint density at radius 3 is 2.28 bits per heavy atom. The molecule has 1 aliphatic rings. The van der Waals surface area contributed by atoms with Crippen molar-refractivity contribution in [1.29, 1.82) is 0 Å². The third-order valence-electron chi connectivity index (χ3n) is 4.29. The highest BCUT2D eigenvalue weighted by molar-refractivity contribution is 5.25. The molecular weight excluding hydrogens is 218 g/mol. The van der Waals surface area contributed by atoms with Crippen LogP contribution in [0, 0.1) is 5.92 Å². The monoisotopic (exact) mass is 245 g/mol. The van der Waals surface area contributed by atoms with Gasteiger partial charge in [-0.2, -0.15) is 0 Å². The van der Waals surface area contributed by atoms with Crippen molar-refractivity contribution in [2.75, 3.05) is 6.54 Å². The molecule has 1 nitrogen and oxygen atoms in total. The number of aryl methyl sites for hydroxylation is 1. The van der Waals surface area contributed by atoms with Gasteiger partial charge in [0.05, 0.1) is 0 Å². The Labute approximate surface area is 112 Å². The van der Waals surface area contributed by atoms with Gasteiger partial charge in [0.25, 0.3) is 0 Å². The maximum Gasteiger partial charge on any atom is 0.0348 e. The molecule has 1 N–H and O–H groups in total. The SMILES string of the molecule is CCNC(c1ccc(CC)cc1)C1CCCCC1. The largest absolute Gasteiger partial charge is 0.310 e. The van der Waals surface area contributed by atoms with Gasteiger partial charge in [0, 0.05) is 6.04 Å². The van der Waals surface area contributed by atoms with Crippen molar-refractivity contribution < 1.29 is 0 Å². The van der Waals surface area contributed by atoms with Crippen LogP contribution in [0.1, 0.15) is 63.1 Å². The third kappa shape index (κ3) is 3.35. The normalized spacial score (nSPS) is 18.8. The first kappa shape index (κ1) is 13.6. The summed E-state index contributed by atoms with van der Waals surface area (Å²) in [6.07, 6.45) is 8.19. The lowest BCUT2D eigenvalue weighted by molar-refractivity contribution is 0.274. The van der Waals surface area contributed by atoms with Crippen molar-refractivity contribution in [3.63, 3.8) is 0 Å². The zero-order chi connectivity index (χ0) is 12.8. The standard InChI is InChI=1S/C17H27N/c1-3-14-10-12-16(13-11-14)17(18-4-2)15-8-6-5-7-9-15/h10-13,15,17-18H,3-9H2,1-2H3. The lowest BCUT2D eigenvalue weighted by Gasteiger charge is -2.31. The van der Waals surface area contributed by atoms with E-state index in [-0.39, 0.29) is 0 Å². The predicted molar refractivity (Wildman–Crippen MR) is 78.8 cm³/mol. The van der Waals surface area contributed by atoms with Crippen LogP contribution in [0.4, 0.5) is 0 Å². The van der Waals surface area contributed by atoms with E-state index in [1.54, 1.807) is 0 Å². The first-order valence-electron chi connectivity index (χ1n) is 7.67. The van der Waals surface area contributed by atoms with Crippen LogP contribution >= 0.6 is 0 Å². The summed E-state index contributed by atoms with van der Waals surface area (Å²) in [4.78, 5) is 0. The molecule has 1 heteroatoms. The molecule has 1 aromatic carbocycles. The molecule has 0 amide bonds. The van der Waals surface area contributed by atoms with Gasteiger partial charge in [-0.1, -0.05) is 57.4 Å². The Balaban J connectivity index is 2.11. The van der Waals surface area contributed by atoms with E-state index < -0.39 is 0 Å². The summed E-state index contributed by atoms with van der Waals surface area (Å²) in [5.41, 5.74) is 2.93. The predicted octanol–water partition coefficient (Wildman–Crippen LogP) is 4.48. The molecule has 0 saturated heterocycles. The molecule has 0 heterocycles. The van der Waals surface area contributed by atoms with E-state index in [1.807, 2.05) is 0 Å². The number of rotatable bonds is 5. The Bertz CT molecular complexity index is 335. The van der Waals surface area contributed by atoms with Crippen LogP contribution in [0.5, 0.6) is 0 Å². The van der Waals surface area contributed by atoms with Crippen LogP contribution in [-0.2, 0) is 6.42 Å². The minimum atomic E-state index is 0.571. The molecule has 18 heavy (non-hydrogen) atoms. The van der Waals surface area contributed by atoms with Crippen molar-refractivity contribution in [2.45, 2.75) is 58.4 Å². The van der Waals surface area contributed by atoms with Crippen LogP contribution in [-0.4, -0.2) is 6.54 Å². The van der Waals surface area contributed by atoms with Gasteiger partial charge in [0.15, 0.2) is 0 Å². The Kier molecular flexibility index (Phi) is 5.25. The molecule has 0 radical (unpaired) electrons. The minimum absolute atomic E-state index is 0.571. The van der Waals surface area contributed by atoms with Gasteiger partial charge in [0.1, 0.15) is 0 Å². The maximum atomic E-state index is 3.71. The molecule has 1 atom stereocenters. The highest BCUT2D eigenvalue weighted by Crippen LogP contribution is 2.34. The van der Waals surface area contributed by atoms with Crippen LogP contribution in [0.3, 0.4) is 0 Å². The van der Waals surface area contributed by atoms with Crippen LogP contribution < -0.4 is 5.32 Å². The van der Waals surface area contributed by atoms with Gasteiger partial charge < -0.3 is 5.32 Å². The summed E-state index contributed by atoms with van der Waals surface area (Å²) in [5, 5.41) is 3.71. The fourth-order valence-corrected chi connectivity index (χ4v) is 3.20. The number of hydrogen-bond donors (Lipinski definition) is 1. The second kappa shape index (κ2) is 6.94. The zero-order valence-corrected chi connectivity index (χ0v) is 11.9. The molecule has 100 valence electrons. The maximum absolute atomic E-state index is 3.71. The summed E-state index contributed by atoms with van der Waals surface area (Å²) >= 11 is 0. The average Bonchev–Trinajstić information content (AvgIpc) is 2.46. The van der Waals surface area contributed by atoms with Crippen molar-refractivity contribution in [3.8, 4) is 0 Å². The van der Waals surface area contributed by atoms with E-state index in [1.165, 1.54) is 43.2 Å². The Morgan fingerprint density at radius 2 is 1.72 bits per heavy atom. The molecule has 1 aromatic rings. The van der Waals surface area contributed by atoms with Gasteiger partial charge >= 0.3 is 0 Å². The quantitative estimate of drug-likeness (QED) is 0.806. The van der Waals surface area contributed by atoms with Gasteiger partial charge in [-0.15, -0.1) is 0 Å². The molecule has 0 bridgehead atoms. The lowest BCUT2D eigenvalue weighted by atomic mass is 9.81. The summed E-state index contributed by atoms with van der Waals surface area (Å²) < 4.78 is 0.